The van der Waals surface area contributed by atoms with E-state index >= 15 is 0 Å². The summed E-state index contributed by atoms with van der Waals surface area (Å²) in [4.78, 5) is 12.7. The lowest BCUT2D eigenvalue weighted by Gasteiger charge is -2.12. The molecule has 10 heteroatoms. The molecule has 0 unspecified atom stereocenters. The number of nitrogens with zero attached hydrogens (tertiary/aromatic N) is 2. The summed E-state index contributed by atoms with van der Waals surface area (Å²) < 4.78 is 47.8. The molecule has 1 amide bonds. The van der Waals surface area contributed by atoms with E-state index in [1.165, 1.54) is 42.3 Å². The van der Waals surface area contributed by atoms with Crippen molar-refractivity contribution in [3.05, 3.63) is 71.8 Å². The Hall–Kier alpha value is -3.08. The number of halogens is 1. The molecule has 0 atom stereocenters. The van der Waals surface area contributed by atoms with Crippen LogP contribution in [0.3, 0.4) is 0 Å². The van der Waals surface area contributed by atoms with E-state index in [9.17, 15) is 17.6 Å². The van der Waals surface area contributed by atoms with Crippen molar-refractivity contribution in [1.29, 1.82) is 0 Å². The summed E-state index contributed by atoms with van der Waals surface area (Å²) in [5, 5.41) is 6.57. The molecule has 0 aliphatic carbocycles. The van der Waals surface area contributed by atoms with Gasteiger partial charge in [0.1, 0.15) is 5.69 Å². The first-order valence-corrected chi connectivity index (χ1v) is 10.5. The smallest absolute Gasteiger partial charge is 0.255 e. The van der Waals surface area contributed by atoms with Crippen molar-refractivity contribution >= 4 is 21.6 Å². The average Bonchev–Trinajstić information content (AvgIpc) is 3.22. The van der Waals surface area contributed by atoms with Gasteiger partial charge in [-0.3, -0.25) is 4.79 Å². The maximum absolute atomic E-state index is 14.4. The number of amides is 1. The summed E-state index contributed by atoms with van der Waals surface area (Å²) in [7, 11) is -2.33. The second-order valence-corrected chi connectivity index (χ2v) is 8.21. The van der Waals surface area contributed by atoms with Gasteiger partial charge >= 0.3 is 0 Å². The third kappa shape index (κ3) is 4.90. The molecule has 0 saturated heterocycles. The van der Waals surface area contributed by atoms with Crippen molar-refractivity contribution in [2.75, 3.05) is 25.6 Å². The molecule has 0 bridgehead atoms. The van der Waals surface area contributed by atoms with E-state index in [1.807, 2.05) is 0 Å². The van der Waals surface area contributed by atoms with E-state index < -0.39 is 21.7 Å². The molecule has 0 fully saturated rings. The van der Waals surface area contributed by atoms with Crippen LogP contribution in [-0.2, 0) is 14.8 Å². The third-order valence-corrected chi connectivity index (χ3v) is 5.78. The highest BCUT2D eigenvalue weighted by Gasteiger charge is 2.18. The van der Waals surface area contributed by atoms with Crippen molar-refractivity contribution < 1.29 is 22.3 Å². The van der Waals surface area contributed by atoms with Crippen molar-refractivity contribution in [2.24, 2.45) is 0 Å². The number of hydrogen-bond acceptors (Lipinski definition) is 5. The normalized spacial score (nSPS) is 11.4. The lowest BCUT2D eigenvalue weighted by Crippen LogP contribution is -2.27. The molecule has 3 rings (SSSR count). The molecule has 2 N–H and O–H groups in total. The number of sulfonamides is 1. The van der Waals surface area contributed by atoms with Gasteiger partial charge in [-0.25, -0.2) is 22.2 Å². The van der Waals surface area contributed by atoms with E-state index in [0.29, 0.717) is 5.56 Å². The van der Waals surface area contributed by atoms with Crippen LogP contribution in [0.25, 0.3) is 5.69 Å². The zero-order chi connectivity index (χ0) is 21.7. The predicted molar refractivity (Wildman–Crippen MR) is 110 cm³/mol. The molecular weight excluding hydrogens is 411 g/mol. The highest BCUT2D eigenvalue weighted by Crippen LogP contribution is 2.20. The Balaban J connectivity index is 1.81. The SMILES string of the molecule is COCCNS(=O)(=O)c1ccc(C)c(C(=O)Nc2ccc(-n3cccn3)c(F)c2)c1. The van der Waals surface area contributed by atoms with E-state index in [2.05, 4.69) is 15.1 Å². The molecule has 1 aromatic heterocycles. The Morgan fingerprint density at radius 1 is 1.23 bits per heavy atom. The highest BCUT2D eigenvalue weighted by molar-refractivity contribution is 7.89. The van der Waals surface area contributed by atoms with Gasteiger partial charge in [-0.1, -0.05) is 6.07 Å². The number of rotatable bonds is 8. The molecule has 3 aromatic rings. The van der Waals surface area contributed by atoms with E-state index in [1.54, 1.807) is 31.3 Å². The van der Waals surface area contributed by atoms with Crippen LogP contribution in [0.4, 0.5) is 10.1 Å². The second-order valence-electron chi connectivity index (χ2n) is 6.44. The Kier molecular flexibility index (Phi) is 6.60. The summed E-state index contributed by atoms with van der Waals surface area (Å²) in [5.74, 6) is -1.11. The minimum atomic E-state index is -3.80. The minimum Gasteiger partial charge on any atom is -0.383 e. The highest BCUT2D eigenvalue weighted by atomic mass is 32.2. The first-order valence-electron chi connectivity index (χ1n) is 9.02. The van der Waals surface area contributed by atoms with Gasteiger partial charge in [0.05, 0.1) is 11.5 Å². The lowest BCUT2D eigenvalue weighted by molar-refractivity contribution is 0.102. The maximum atomic E-state index is 14.4. The number of carbonyl (C=O) groups excluding carboxylic acids is 1. The first-order chi connectivity index (χ1) is 14.3. The number of benzene rings is 2. The van der Waals surface area contributed by atoms with Crippen molar-refractivity contribution in [3.8, 4) is 5.69 Å². The zero-order valence-electron chi connectivity index (χ0n) is 16.4. The van der Waals surface area contributed by atoms with Crippen LogP contribution >= 0.6 is 0 Å². The number of aryl methyl sites for hydroxylation is 1. The lowest BCUT2D eigenvalue weighted by atomic mass is 10.1. The van der Waals surface area contributed by atoms with E-state index in [0.717, 1.165) is 0 Å². The molecule has 30 heavy (non-hydrogen) atoms. The number of carbonyl (C=O) groups is 1. The van der Waals surface area contributed by atoms with Crippen LogP contribution in [-0.4, -0.2) is 44.4 Å². The van der Waals surface area contributed by atoms with Gasteiger partial charge in [0.2, 0.25) is 10.0 Å². The molecule has 0 radical (unpaired) electrons. The molecule has 1 heterocycles. The number of hydrogen-bond donors (Lipinski definition) is 2. The Morgan fingerprint density at radius 2 is 2.03 bits per heavy atom. The quantitative estimate of drug-likeness (QED) is 0.533. The van der Waals surface area contributed by atoms with E-state index in [4.69, 9.17) is 4.74 Å². The molecular formula is C20H21FN4O4S. The van der Waals surface area contributed by atoms with Crippen molar-refractivity contribution in [1.82, 2.24) is 14.5 Å². The van der Waals surface area contributed by atoms with Gasteiger partial charge in [0.15, 0.2) is 5.82 Å². The molecule has 8 nitrogen and oxygen atoms in total. The van der Waals surface area contributed by atoms with Crippen LogP contribution < -0.4 is 10.0 Å². The molecule has 0 spiro atoms. The molecule has 0 aliphatic heterocycles. The summed E-state index contributed by atoms with van der Waals surface area (Å²) in [6.45, 7) is 2.01. The average molecular weight is 432 g/mol. The number of methoxy groups -OCH3 is 1. The largest absolute Gasteiger partial charge is 0.383 e. The Labute approximate surface area is 173 Å². The molecule has 158 valence electrons. The minimum absolute atomic E-state index is 0.0467. The van der Waals surface area contributed by atoms with Crippen LogP contribution in [0, 0.1) is 12.7 Å². The summed E-state index contributed by atoms with van der Waals surface area (Å²) in [5.41, 5.74) is 1.22. The summed E-state index contributed by atoms with van der Waals surface area (Å²) in [6.07, 6.45) is 3.13. The third-order valence-electron chi connectivity index (χ3n) is 4.32. The fraction of sp³-hybridized carbons (Fsp3) is 0.200. The van der Waals surface area contributed by atoms with Gasteiger partial charge in [0, 0.05) is 37.3 Å². The zero-order valence-corrected chi connectivity index (χ0v) is 17.2. The van der Waals surface area contributed by atoms with Gasteiger partial charge in [-0.15, -0.1) is 0 Å². The van der Waals surface area contributed by atoms with Gasteiger partial charge in [-0.05, 0) is 48.9 Å². The standard InChI is InChI=1S/C20H21FN4O4S/c1-14-4-6-16(30(27,28)23-9-11-29-2)13-17(14)20(26)24-15-5-7-19(18(21)12-15)25-10-3-8-22-25/h3-8,10,12-13,23H,9,11H2,1-2H3,(H,24,26). The first kappa shape index (κ1) is 21.6. The van der Waals surface area contributed by atoms with Gasteiger partial charge < -0.3 is 10.1 Å². The fourth-order valence-corrected chi connectivity index (χ4v) is 3.79. The number of nitrogens with one attached hydrogen (secondary N) is 2. The molecule has 0 saturated carbocycles. The van der Waals surface area contributed by atoms with Crippen LogP contribution in [0.1, 0.15) is 15.9 Å². The fourth-order valence-electron chi connectivity index (χ4n) is 2.75. The maximum Gasteiger partial charge on any atom is 0.255 e. The Bertz CT molecular complexity index is 1150. The van der Waals surface area contributed by atoms with Gasteiger partial charge in [-0.2, -0.15) is 5.10 Å². The number of ether oxygens (including phenoxy) is 1. The molecule has 2 aromatic carbocycles. The summed E-state index contributed by atoms with van der Waals surface area (Å²) >= 11 is 0. The van der Waals surface area contributed by atoms with Crippen LogP contribution in [0.2, 0.25) is 0 Å². The van der Waals surface area contributed by atoms with Crippen molar-refractivity contribution in [3.63, 3.8) is 0 Å². The molecule has 0 aliphatic rings. The summed E-state index contributed by atoms with van der Waals surface area (Å²) in [6, 6.07) is 10.1. The number of anilines is 1. The predicted octanol–water partition coefficient (Wildman–Crippen LogP) is 2.50. The van der Waals surface area contributed by atoms with Crippen LogP contribution in [0.5, 0.6) is 0 Å². The van der Waals surface area contributed by atoms with Gasteiger partial charge in [0.25, 0.3) is 5.91 Å². The van der Waals surface area contributed by atoms with E-state index in [-0.39, 0.29) is 35.0 Å². The van der Waals surface area contributed by atoms with Crippen LogP contribution in [0.15, 0.2) is 59.8 Å². The second kappa shape index (κ2) is 9.16. The monoisotopic (exact) mass is 432 g/mol. The van der Waals surface area contributed by atoms with Crippen molar-refractivity contribution in [2.45, 2.75) is 11.8 Å². The topological polar surface area (TPSA) is 102 Å². The Morgan fingerprint density at radius 3 is 2.70 bits per heavy atom. The number of aromatic nitrogens is 2.